The number of alkyl halides is 1. The number of hydrogen-bond donors (Lipinski definition) is 0. The van der Waals surface area contributed by atoms with Gasteiger partial charge in [0.25, 0.3) is 0 Å². The summed E-state index contributed by atoms with van der Waals surface area (Å²) in [5.74, 6) is 0.612. The Hall–Kier alpha value is -1.08. The van der Waals surface area contributed by atoms with Crippen LogP contribution in [0.25, 0.3) is 10.9 Å². The summed E-state index contributed by atoms with van der Waals surface area (Å²) in [7, 11) is 0. The van der Waals surface area contributed by atoms with E-state index in [1.807, 2.05) is 12.3 Å². The summed E-state index contributed by atoms with van der Waals surface area (Å²) < 4.78 is 0. The minimum atomic E-state index is 0.344. The van der Waals surface area contributed by atoms with Gasteiger partial charge in [0.05, 0.1) is 5.52 Å². The Morgan fingerprint density at radius 2 is 2.00 bits per heavy atom. The molecule has 2 heteroatoms. The van der Waals surface area contributed by atoms with Crippen molar-refractivity contribution >= 4 is 22.5 Å². The standard InChI is InChI=1S/C16H18ClN/c17-15-6-2-1-4-13(10-15)14-8-7-12-5-3-9-18-16(12)11-14/h3,5,7-9,11,13,15H,1-2,4,6,10H2. The maximum absolute atomic E-state index is 6.37. The molecule has 0 saturated heterocycles. The Kier molecular flexibility index (Phi) is 3.51. The van der Waals surface area contributed by atoms with E-state index >= 15 is 0 Å². The van der Waals surface area contributed by atoms with E-state index in [-0.39, 0.29) is 0 Å². The van der Waals surface area contributed by atoms with E-state index in [2.05, 4.69) is 29.2 Å². The third-order valence-corrected chi connectivity index (χ3v) is 4.36. The molecule has 1 nitrogen and oxygen atoms in total. The molecule has 1 aliphatic carbocycles. The first-order chi connectivity index (χ1) is 8.83. The zero-order chi connectivity index (χ0) is 12.4. The van der Waals surface area contributed by atoms with E-state index in [9.17, 15) is 0 Å². The van der Waals surface area contributed by atoms with Gasteiger partial charge in [0, 0.05) is 17.0 Å². The van der Waals surface area contributed by atoms with Gasteiger partial charge in [-0.1, -0.05) is 31.0 Å². The molecular formula is C16H18ClN. The minimum absolute atomic E-state index is 0.344. The Morgan fingerprint density at radius 1 is 1.11 bits per heavy atom. The summed E-state index contributed by atoms with van der Waals surface area (Å²) in [4.78, 5) is 4.45. The average molecular weight is 260 g/mol. The third-order valence-electron chi connectivity index (χ3n) is 3.96. The lowest BCUT2D eigenvalue weighted by Gasteiger charge is -2.16. The lowest BCUT2D eigenvalue weighted by Crippen LogP contribution is -2.04. The van der Waals surface area contributed by atoms with Gasteiger partial charge in [-0.25, -0.2) is 0 Å². The molecule has 1 saturated carbocycles. The van der Waals surface area contributed by atoms with Gasteiger partial charge in [-0.3, -0.25) is 4.98 Å². The van der Waals surface area contributed by atoms with Crippen LogP contribution >= 0.6 is 11.6 Å². The molecular weight excluding hydrogens is 242 g/mol. The van der Waals surface area contributed by atoms with Crippen LogP contribution < -0.4 is 0 Å². The second-order valence-corrected chi connectivity index (χ2v) is 5.89. The van der Waals surface area contributed by atoms with Crippen LogP contribution in [0, 0.1) is 0 Å². The molecule has 0 N–H and O–H groups in total. The highest BCUT2D eigenvalue weighted by molar-refractivity contribution is 6.20. The van der Waals surface area contributed by atoms with Crippen LogP contribution in [-0.4, -0.2) is 10.4 Å². The molecule has 94 valence electrons. The van der Waals surface area contributed by atoms with E-state index in [1.54, 1.807) is 0 Å². The van der Waals surface area contributed by atoms with Gasteiger partial charge in [-0.2, -0.15) is 0 Å². The largest absolute Gasteiger partial charge is 0.256 e. The van der Waals surface area contributed by atoms with Gasteiger partial charge in [-0.15, -0.1) is 11.6 Å². The molecule has 0 spiro atoms. The van der Waals surface area contributed by atoms with Crippen molar-refractivity contribution in [2.75, 3.05) is 0 Å². The maximum Gasteiger partial charge on any atom is 0.0704 e. The summed E-state index contributed by atoms with van der Waals surface area (Å²) in [6.45, 7) is 0. The lowest BCUT2D eigenvalue weighted by molar-refractivity contribution is 0.596. The second kappa shape index (κ2) is 5.27. The van der Waals surface area contributed by atoms with Crippen molar-refractivity contribution in [1.82, 2.24) is 4.98 Å². The molecule has 2 unspecified atom stereocenters. The van der Waals surface area contributed by atoms with E-state index < -0.39 is 0 Å². The molecule has 3 rings (SSSR count). The monoisotopic (exact) mass is 259 g/mol. The molecule has 0 bridgehead atoms. The fourth-order valence-corrected chi connectivity index (χ4v) is 3.31. The van der Waals surface area contributed by atoms with E-state index in [0.717, 1.165) is 11.9 Å². The van der Waals surface area contributed by atoms with Crippen LogP contribution in [0.3, 0.4) is 0 Å². The normalized spacial score (nSPS) is 24.9. The Labute approximate surface area is 113 Å². The van der Waals surface area contributed by atoms with Crippen LogP contribution in [0.5, 0.6) is 0 Å². The van der Waals surface area contributed by atoms with E-state index in [4.69, 9.17) is 11.6 Å². The number of rotatable bonds is 1. The molecule has 0 amide bonds. The first-order valence-corrected chi connectivity index (χ1v) is 7.25. The minimum Gasteiger partial charge on any atom is -0.256 e. The van der Waals surface area contributed by atoms with Crippen LogP contribution in [0.4, 0.5) is 0 Å². The topological polar surface area (TPSA) is 12.9 Å². The highest BCUT2D eigenvalue weighted by atomic mass is 35.5. The van der Waals surface area contributed by atoms with Crippen molar-refractivity contribution in [2.45, 2.75) is 43.4 Å². The molecule has 1 aliphatic rings. The number of pyridine rings is 1. The smallest absolute Gasteiger partial charge is 0.0704 e. The molecule has 1 aromatic heterocycles. The number of nitrogens with zero attached hydrogens (tertiary/aromatic N) is 1. The first kappa shape index (κ1) is 12.0. The molecule has 2 aromatic rings. The van der Waals surface area contributed by atoms with Crippen molar-refractivity contribution in [1.29, 1.82) is 0 Å². The Balaban J connectivity index is 1.92. The van der Waals surface area contributed by atoms with Gasteiger partial charge in [0.2, 0.25) is 0 Å². The zero-order valence-corrected chi connectivity index (χ0v) is 11.2. The third kappa shape index (κ3) is 2.51. The Morgan fingerprint density at radius 3 is 2.94 bits per heavy atom. The van der Waals surface area contributed by atoms with E-state index in [0.29, 0.717) is 11.3 Å². The first-order valence-electron chi connectivity index (χ1n) is 6.82. The zero-order valence-electron chi connectivity index (χ0n) is 10.5. The number of hydrogen-bond acceptors (Lipinski definition) is 1. The van der Waals surface area contributed by atoms with Gasteiger partial charge in [-0.05, 0) is 42.9 Å². The van der Waals surface area contributed by atoms with Gasteiger partial charge in [0.1, 0.15) is 0 Å². The van der Waals surface area contributed by atoms with Crippen molar-refractivity contribution < 1.29 is 0 Å². The maximum atomic E-state index is 6.37. The van der Waals surface area contributed by atoms with Crippen molar-refractivity contribution in [2.24, 2.45) is 0 Å². The number of halogens is 1. The molecule has 18 heavy (non-hydrogen) atoms. The number of aromatic nitrogens is 1. The van der Waals surface area contributed by atoms with Gasteiger partial charge >= 0.3 is 0 Å². The quantitative estimate of drug-likeness (QED) is 0.525. The summed E-state index contributed by atoms with van der Waals surface area (Å²) in [5, 5.41) is 1.56. The van der Waals surface area contributed by atoms with Crippen LogP contribution in [0.1, 0.15) is 43.6 Å². The average Bonchev–Trinajstić information content (AvgIpc) is 2.63. The van der Waals surface area contributed by atoms with E-state index in [1.165, 1.54) is 36.6 Å². The summed E-state index contributed by atoms with van der Waals surface area (Å²) >= 11 is 6.37. The van der Waals surface area contributed by atoms with Gasteiger partial charge in [0.15, 0.2) is 0 Å². The highest BCUT2D eigenvalue weighted by Crippen LogP contribution is 2.34. The lowest BCUT2D eigenvalue weighted by atomic mass is 9.91. The fraction of sp³-hybridized carbons (Fsp3) is 0.438. The SMILES string of the molecule is ClC1CCCCC(c2ccc3cccnc3c2)C1. The molecule has 1 heterocycles. The van der Waals surface area contributed by atoms with Crippen LogP contribution in [0.15, 0.2) is 36.5 Å². The van der Waals surface area contributed by atoms with Crippen molar-refractivity contribution in [3.63, 3.8) is 0 Å². The molecule has 2 atom stereocenters. The fourth-order valence-electron chi connectivity index (χ4n) is 2.94. The second-order valence-electron chi connectivity index (χ2n) is 5.27. The van der Waals surface area contributed by atoms with Crippen molar-refractivity contribution in [3.8, 4) is 0 Å². The summed E-state index contributed by atoms with van der Waals surface area (Å²) in [5.41, 5.74) is 2.51. The number of fused-ring (bicyclic) bond motifs is 1. The summed E-state index contributed by atoms with van der Waals surface area (Å²) in [6.07, 6.45) is 7.99. The predicted molar refractivity (Wildman–Crippen MR) is 77.2 cm³/mol. The molecule has 1 fully saturated rings. The van der Waals surface area contributed by atoms with Crippen LogP contribution in [0.2, 0.25) is 0 Å². The Bertz CT molecular complexity index is 537. The summed E-state index contributed by atoms with van der Waals surface area (Å²) in [6, 6.07) is 10.8. The molecule has 0 radical (unpaired) electrons. The number of benzene rings is 1. The molecule has 1 aromatic carbocycles. The van der Waals surface area contributed by atoms with Crippen molar-refractivity contribution in [3.05, 3.63) is 42.1 Å². The molecule has 0 aliphatic heterocycles. The predicted octanol–water partition coefficient (Wildman–Crippen LogP) is 4.89. The van der Waals surface area contributed by atoms with Gasteiger partial charge < -0.3 is 0 Å². The highest BCUT2D eigenvalue weighted by Gasteiger charge is 2.20. The van der Waals surface area contributed by atoms with Crippen LogP contribution in [-0.2, 0) is 0 Å².